The van der Waals surface area contributed by atoms with Gasteiger partial charge in [0.1, 0.15) is 6.04 Å². The van der Waals surface area contributed by atoms with Gasteiger partial charge in [0, 0.05) is 26.7 Å². The van der Waals surface area contributed by atoms with Crippen molar-refractivity contribution in [3.05, 3.63) is 0 Å². The summed E-state index contributed by atoms with van der Waals surface area (Å²) in [6.45, 7) is 2.37. The predicted molar refractivity (Wildman–Crippen MR) is 42.4 cm³/mol. The molecule has 1 amide bonds. The van der Waals surface area contributed by atoms with E-state index in [1.807, 2.05) is 11.9 Å². The van der Waals surface area contributed by atoms with Gasteiger partial charge in [-0.25, -0.2) is 5.32 Å². The fourth-order valence-corrected chi connectivity index (χ4v) is 1.19. The van der Waals surface area contributed by atoms with Gasteiger partial charge in [-0.1, -0.05) is 0 Å². The average Bonchev–Trinajstić information content (AvgIpc) is 2.04. The van der Waals surface area contributed by atoms with Crippen molar-refractivity contribution < 1.29 is 4.79 Å². The van der Waals surface area contributed by atoms with Crippen LogP contribution in [0.15, 0.2) is 0 Å². The van der Waals surface area contributed by atoms with Crippen LogP contribution in [0.25, 0.3) is 0 Å². The number of hydrogen-bond acceptors (Lipinski definition) is 2. The molecule has 11 heavy (non-hydrogen) atoms. The molecule has 0 aromatic heterocycles. The number of amides is 1. The number of likely N-dealkylation sites (N-methyl/N-ethyl adjacent to an activating group) is 2. The Morgan fingerprint density at radius 1 is 1.73 bits per heavy atom. The van der Waals surface area contributed by atoms with Gasteiger partial charge in [-0.15, -0.1) is 0 Å². The highest BCUT2D eigenvalue weighted by atomic mass is 16.2. The van der Waals surface area contributed by atoms with Crippen molar-refractivity contribution in [1.82, 2.24) is 15.5 Å². The average molecular weight is 156 g/mol. The minimum Gasteiger partial charge on any atom is -0.358 e. The number of rotatable bonds is 1. The lowest BCUT2D eigenvalue weighted by Crippen LogP contribution is -2.53. The Kier molecular flexibility index (Phi) is 2.84. The molecule has 0 bridgehead atoms. The second kappa shape index (κ2) is 3.69. The molecule has 1 rings (SSSR count). The Morgan fingerprint density at radius 2 is 2.45 bits per heavy atom. The zero-order chi connectivity index (χ0) is 8.27. The monoisotopic (exact) mass is 156 g/mol. The molecule has 1 saturated heterocycles. The number of piperazine rings is 1. The smallest absolute Gasteiger partial charge is 0.238 e. The normalized spacial score (nSPS) is 26.5. The summed E-state index contributed by atoms with van der Waals surface area (Å²) < 4.78 is 0. The van der Waals surface area contributed by atoms with Gasteiger partial charge in [0.15, 0.2) is 0 Å². The summed E-state index contributed by atoms with van der Waals surface area (Å²) in [6.07, 6.45) is 0. The van der Waals surface area contributed by atoms with Gasteiger partial charge in [0.05, 0.1) is 0 Å². The Balaban J connectivity index is 2.47. The molecule has 1 unspecified atom stereocenters. The Bertz CT molecular complexity index is 149. The number of nitrogens with zero attached hydrogens (tertiary/aromatic N) is 2. The first-order valence-corrected chi connectivity index (χ1v) is 3.81. The molecule has 0 spiro atoms. The van der Waals surface area contributed by atoms with Crippen LogP contribution >= 0.6 is 0 Å². The third-order valence-electron chi connectivity index (χ3n) is 1.99. The van der Waals surface area contributed by atoms with E-state index in [2.05, 4.69) is 10.6 Å². The molecule has 1 fully saturated rings. The van der Waals surface area contributed by atoms with Gasteiger partial charge in [-0.2, -0.15) is 0 Å². The van der Waals surface area contributed by atoms with Crippen LogP contribution in [0, 0.1) is 0 Å². The Morgan fingerprint density at radius 3 is 3.00 bits per heavy atom. The van der Waals surface area contributed by atoms with Gasteiger partial charge in [0.25, 0.3) is 0 Å². The molecule has 1 N–H and O–H groups in total. The van der Waals surface area contributed by atoms with Crippen LogP contribution in [0.1, 0.15) is 0 Å². The molecule has 0 aromatic carbocycles. The first kappa shape index (κ1) is 8.49. The van der Waals surface area contributed by atoms with Crippen LogP contribution in [-0.4, -0.2) is 50.6 Å². The van der Waals surface area contributed by atoms with E-state index in [0.717, 1.165) is 13.1 Å². The highest BCUT2D eigenvalue weighted by molar-refractivity contribution is 5.81. The first-order valence-electron chi connectivity index (χ1n) is 3.81. The second-order valence-corrected chi connectivity index (χ2v) is 2.74. The summed E-state index contributed by atoms with van der Waals surface area (Å²) in [6, 6.07) is -0.0475. The molecular weight excluding hydrogens is 142 g/mol. The largest absolute Gasteiger partial charge is 0.358 e. The van der Waals surface area contributed by atoms with E-state index in [0.29, 0.717) is 6.54 Å². The summed E-state index contributed by atoms with van der Waals surface area (Å²) in [5.41, 5.74) is 0. The van der Waals surface area contributed by atoms with Gasteiger partial charge < -0.3 is 5.32 Å². The predicted octanol–water partition coefficient (Wildman–Crippen LogP) is -1.35. The number of hydrogen-bond donors (Lipinski definition) is 1. The number of carbonyl (C=O) groups is 1. The van der Waals surface area contributed by atoms with E-state index in [1.54, 1.807) is 7.05 Å². The van der Waals surface area contributed by atoms with Crippen LogP contribution in [0.5, 0.6) is 0 Å². The minimum absolute atomic E-state index is 0.0475. The first-order chi connectivity index (χ1) is 5.25. The Hall–Kier alpha value is -0.610. The summed E-state index contributed by atoms with van der Waals surface area (Å²) in [5, 5.41) is 6.80. The van der Waals surface area contributed by atoms with Crippen molar-refractivity contribution in [3.8, 4) is 0 Å². The van der Waals surface area contributed by atoms with Crippen molar-refractivity contribution in [2.24, 2.45) is 0 Å². The fourth-order valence-electron chi connectivity index (χ4n) is 1.19. The lowest BCUT2D eigenvalue weighted by atomic mass is 10.2. The lowest BCUT2D eigenvalue weighted by Gasteiger charge is -2.30. The van der Waals surface area contributed by atoms with Crippen molar-refractivity contribution >= 4 is 5.91 Å². The van der Waals surface area contributed by atoms with Crippen molar-refractivity contribution in [1.29, 1.82) is 0 Å². The molecule has 1 atom stereocenters. The maximum absolute atomic E-state index is 11.2. The lowest BCUT2D eigenvalue weighted by molar-refractivity contribution is -0.126. The number of carbonyl (C=O) groups excluding carboxylic acids is 1. The SMILES string of the molecule is CNC(=O)C1C[N]CCN1C. The Labute approximate surface area is 66.9 Å². The van der Waals surface area contributed by atoms with Crippen molar-refractivity contribution in [2.75, 3.05) is 33.7 Å². The number of nitrogens with one attached hydrogen (secondary N) is 1. The highest BCUT2D eigenvalue weighted by Gasteiger charge is 2.24. The van der Waals surface area contributed by atoms with E-state index < -0.39 is 0 Å². The van der Waals surface area contributed by atoms with E-state index in [-0.39, 0.29) is 11.9 Å². The molecule has 4 nitrogen and oxygen atoms in total. The standard InChI is InChI=1S/C7H14N3O/c1-8-7(11)6-5-9-3-4-10(6)2/h6H,3-5H2,1-2H3,(H,8,11). The summed E-state index contributed by atoms with van der Waals surface area (Å²) in [5.74, 6) is 0.0657. The van der Waals surface area contributed by atoms with Crippen LogP contribution in [0.3, 0.4) is 0 Å². The van der Waals surface area contributed by atoms with Crippen LogP contribution < -0.4 is 10.6 Å². The quantitative estimate of drug-likeness (QED) is 0.510. The zero-order valence-corrected chi connectivity index (χ0v) is 7.00. The van der Waals surface area contributed by atoms with Crippen LogP contribution in [-0.2, 0) is 4.79 Å². The zero-order valence-electron chi connectivity index (χ0n) is 7.00. The second-order valence-electron chi connectivity index (χ2n) is 2.74. The van der Waals surface area contributed by atoms with Gasteiger partial charge in [0.2, 0.25) is 5.91 Å². The maximum atomic E-state index is 11.2. The fraction of sp³-hybridized carbons (Fsp3) is 0.857. The highest BCUT2D eigenvalue weighted by Crippen LogP contribution is 1.99. The summed E-state index contributed by atoms with van der Waals surface area (Å²) >= 11 is 0. The molecule has 0 saturated carbocycles. The van der Waals surface area contributed by atoms with Crippen LogP contribution in [0.2, 0.25) is 0 Å². The summed E-state index contributed by atoms with van der Waals surface area (Å²) in [4.78, 5) is 13.2. The maximum Gasteiger partial charge on any atom is 0.238 e. The third kappa shape index (κ3) is 1.91. The molecule has 4 heteroatoms. The van der Waals surface area contributed by atoms with Gasteiger partial charge in [-0.3, -0.25) is 9.69 Å². The molecule has 1 heterocycles. The minimum atomic E-state index is -0.0475. The molecule has 1 radical (unpaired) electrons. The third-order valence-corrected chi connectivity index (χ3v) is 1.99. The molecule has 1 aliphatic heterocycles. The molecular formula is C7H14N3O. The van der Waals surface area contributed by atoms with E-state index in [9.17, 15) is 4.79 Å². The van der Waals surface area contributed by atoms with Crippen molar-refractivity contribution in [2.45, 2.75) is 6.04 Å². The van der Waals surface area contributed by atoms with E-state index in [4.69, 9.17) is 0 Å². The van der Waals surface area contributed by atoms with E-state index in [1.165, 1.54) is 0 Å². The molecule has 0 aliphatic carbocycles. The molecule has 1 aliphatic rings. The van der Waals surface area contributed by atoms with Gasteiger partial charge >= 0.3 is 0 Å². The van der Waals surface area contributed by atoms with Gasteiger partial charge in [-0.05, 0) is 7.05 Å². The molecule has 0 aromatic rings. The topological polar surface area (TPSA) is 46.4 Å². The van der Waals surface area contributed by atoms with Crippen LogP contribution in [0.4, 0.5) is 0 Å². The molecule has 63 valence electrons. The summed E-state index contributed by atoms with van der Waals surface area (Å²) in [7, 11) is 3.61. The van der Waals surface area contributed by atoms with Crippen molar-refractivity contribution in [3.63, 3.8) is 0 Å². The van der Waals surface area contributed by atoms with E-state index >= 15 is 0 Å².